The van der Waals surface area contributed by atoms with Crippen molar-refractivity contribution in [2.75, 3.05) is 0 Å². The fraction of sp³-hybridized carbons (Fsp3) is 0. The Kier molecular flexibility index (Phi) is 2.80. The van der Waals surface area contributed by atoms with Crippen LogP contribution in [0.1, 0.15) is 10.4 Å². The molecule has 0 fully saturated rings. The monoisotopic (exact) mass is 263 g/mol. The lowest BCUT2D eigenvalue weighted by molar-refractivity contribution is -0.386. The van der Waals surface area contributed by atoms with Crippen molar-refractivity contribution in [3.8, 4) is 0 Å². The molecule has 0 aromatic heterocycles. The lowest BCUT2D eigenvalue weighted by Gasteiger charge is -2.00. The first-order valence-electron chi connectivity index (χ1n) is 3.31. The summed E-state index contributed by atoms with van der Waals surface area (Å²) in [5, 5.41) is 19.0. The second-order valence-corrected chi connectivity index (χ2v) is 3.11. The van der Waals surface area contributed by atoms with Crippen LogP contribution in [-0.4, -0.2) is 16.0 Å². The first-order valence-corrected chi connectivity index (χ1v) is 4.10. The van der Waals surface area contributed by atoms with E-state index >= 15 is 0 Å². The first kappa shape index (κ1) is 10.6. The Labute approximate surface area is 85.4 Å². The standard InChI is InChI=1S/C7H3BrFNO4/c8-5-4(9)2-1-3(7(11)12)6(5)10(13)14/h1-2H,(H,11,12). The van der Waals surface area contributed by atoms with Gasteiger partial charge in [0.1, 0.15) is 15.9 Å². The molecule has 1 aromatic carbocycles. The van der Waals surface area contributed by atoms with E-state index in [2.05, 4.69) is 15.9 Å². The van der Waals surface area contributed by atoms with Gasteiger partial charge in [-0.25, -0.2) is 9.18 Å². The third-order valence-electron chi connectivity index (χ3n) is 1.48. The van der Waals surface area contributed by atoms with E-state index in [0.717, 1.165) is 12.1 Å². The number of halogens is 2. The molecule has 0 saturated carbocycles. The Morgan fingerprint density at radius 2 is 2.14 bits per heavy atom. The van der Waals surface area contributed by atoms with Gasteiger partial charge in [0.15, 0.2) is 0 Å². The SMILES string of the molecule is O=C(O)c1ccc(F)c(Br)c1[N+](=O)[O-]. The van der Waals surface area contributed by atoms with Crippen molar-refractivity contribution in [2.45, 2.75) is 0 Å². The third kappa shape index (κ3) is 1.72. The van der Waals surface area contributed by atoms with Gasteiger partial charge >= 0.3 is 11.7 Å². The fourth-order valence-electron chi connectivity index (χ4n) is 0.891. The van der Waals surface area contributed by atoms with Crippen molar-refractivity contribution in [2.24, 2.45) is 0 Å². The molecular formula is C7H3BrFNO4. The number of nitro groups is 1. The summed E-state index contributed by atoms with van der Waals surface area (Å²) >= 11 is 2.62. The van der Waals surface area contributed by atoms with Gasteiger partial charge in [0.05, 0.1) is 4.92 Å². The number of rotatable bonds is 2. The molecule has 0 unspecified atom stereocenters. The van der Waals surface area contributed by atoms with Crippen LogP contribution in [0.25, 0.3) is 0 Å². The van der Waals surface area contributed by atoms with E-state index in [1.54, 1.807) is 0 Å². The molecule has 1 aromatic rings. The average molecular weight is 264 g/mol. The number of carboxylic acids is 1. The molecule has 0 atom stereocenters. The Morgan fingerprint density at radius 3 is 2.57 bits per heavy atom. The minimum absolute atomic E-state index is 0.456. The first-order chi connectivity index (χ1) is 6.45. The van der Waals surface area contributed by atoms with Gasteiger partial charge in [0.2, 0.25) is 0 Å². The smallest absolute Gasteiger partial charge is 0.342 e. The Bertz CT molecular complexity index is 420. The molecule has 5 nitrogen and oxygen atoms in total. The largest absolute Gasteiger partial charge is 0.477 e. The topological polar surface area (TPSA) is 80.4 Å². The van der Waals surface area contributed by atoms with Gasteiger partial charge in [0, 0.05) is 0 Å². The van der Waals surface area contributed by atoms with E-state index in [-0.39, 0.29) is 0 Å². The number of aromatic carboxylic acids is 1. The minimum atomic E-state index is -1.47. The number of hydrogen-bond acceptors (Lipinski definition) is 3. The third-order valence-corrected chi connectivity index (χ3v) is 2.24. The fourth-order valence-corrected chi connectivity index (χ4v) is 1.38. The van der Waals surface area contributed by atoms with E-state index in [1.165, 1.54) is 0 Å². The molecule has 0 radical (unpaired) electrons. The van der Waals surface area contributed by atoms with Crippen LogP contribution in [0.5, 0.6) is 0 Å². The summed E-state index contributed by atoms with van der Waals surface area (Å²) in [7, 11) is 0. The summed E-state index contributed by atoms with van der Waals surface area (Å²) in [6, 6.07) is 1.70. The van der Waals surface area contributed by atoms with Crippen molar-refractivity contribution < 1.29 is 19.2 Å². The van der Waals surface area contributed by atoms with E-state index in [1.807, 2.05) is 0 Å². The maximum absolute atomic E-state index is 12.8. The van der Waals surface area contributed by atoms with Gasteiger partial charge in [0.25, 0.3) is 0 Å². The molecular weight excluding hydrogens is 261 g/mol. The van der Waals surface area contributed by atoms with Crippen LogP contribution in [-0.2, 0) is 0 Å². The van der Waals surface area contributed by atoms with Gasteiger partial charge < -0.3 is 5.11 Å². The van der Waals surface area contributed by atoms with E-state index in [4.69, 9.17) is 5.11 Å². The lowest BCUT2D eigenvalue weighted by Crippen LogP contribution is -2.04. The van der Waals surface area contributed by atoms with Crippen LogP contribution in [0.15, 0.2) is 16.6 Å². The van der Waals surface area contributed by atoms with E-state index < -0.39 is 32.4 Å². The molecule has 0 aliphatic heterocycles. The highest BCUT2D eigenvalue weighted by Crippen LogP contribution is 2.31. The van der Waals surface area contributed by atoms with Crippen molar-refractivity contribution in [3.05, 3.63) is 38.1 Å². The van der Waals surface area contributed by atoms with Crippen LogP contribution < -0.4 is 0 Å². The lowest BCUT2D eigenvalue weighted by atomic mass is 10.2. The predicted molar refractivity (Wildman–Crippen MR) is 47.7 cm³/mol. The number of hydrogen-bond donors (Lipinski definition) is 1. The number of carbonyl (C=O) groups is 1. The van der Waals surface area contributed by atoms with E-state index in [9.17, 15) is 19.3 Å². The van der Waals surface area contributed by atoms with Gasteiger partial charge in [-0.2, -0.15) is 0 Å². The maximum atomic E-state index is 12.8. The van der Waals surface area contributed by atoms with Crippen LogP contribution in [0.4, 0.5) is 10.1 Å². The molecule has 0 aliphatic carbocycles. The maximum Gasteiger partial charge on any atom is 0.342 e. The second kappa shape index (κ2) is 3.70. The average Bonchev–Trinajstić information content (AvgIpc) is 2.08. The minimum Gasteiger partial charge on any atom is -0.477 e. The Hall–Kier alpha value is -1.50. The number of nitro benzene ring substituents is 1. The summed E-state index contributed by atoms with van der Waals surface area (Å²) < 4.78 is 12.4. The molecule has 0 amide bonds. The van der Waals surface area contributed by atoms with Gasteiger partial charge in [-0.1, -0.05) is 0 Å². The van der Waals surface area contributed by atoms with E-state index in [0.29, 0.717) is 0 Å². The summed E-state index contributed by atoms with van der Waals surface area (Å²) in [5.41, 5.74) is -1.33. The molecule has 74 valence electrons. The van der Waals surface area contributed by atoms with Crippen molar-refractivity contribution >= 4 is 27.6 Å². The molecule has 0 bridgehead atoms. The van der Waals surface area contributed by atoms with Gasteiger partial charge in [-0.3, -0.25) is 10.1 Å². The number of nitrogens with zero attached hydrogens (tertiary/aromatic N) is 1. The molecule has 7 heteroatoms. The summed E-state index contributed by atoms with van der Waals surface area (Å²) in [6.07, 6.45) is 0. The summed E-state index contributed by atoms with van der Waals surface area (Å²) in [6.45, 7) is 0. The zero-order chi connectivity index (χ0) is 10.9. The summed E-state index contributed by atoms with van der Waals surface area (Å²) in [5.74, 6) is -2.35. The van der Waals surface area contributed by atoms with Crippen molar-refractivity contribution in [1.29, 1.82) is 0 Å². The predicted octanol–water partition coefficient (Wildman–Crippen LogP) is 2.19. The molecule has 0 spiro atoms. The van der Waals surface area contributed by atoms with Crippen LogP contribution >= 0.6 is 15.9 Å². The molecule has 0 heterocycles. The Morgan fingerprint density at radius 1 is 1.57 bits per heavy atom. The quantitative estimate of drug-likeness (QED) is 0.655. The molecule has 0 saturated heterocycles. The zero-order valence-electron chi connectivity index (χ0n) is 6.53. The summed E-state index contributed by atoms with van der Waals surface area (Å²) in [4.78, 5) is 20.0. The second-order valence-electron chi connectivity index (χ2n) is 2.32. The highest BCUT2D eigenvalue weighted by Gasteiger charge is 2.25. The Balaban J connectivity index is 3.53. The number of carboxylic acid groups (broad SMARTS) is 1. The molecule has 1 rings (SSSR count). The van der Waals surface area contributed by atoms with Gasteiger partial charge in [-0.05, 0) is 28.1 Å². The molecule has 0 aliphatic rings. The van der Waals surface area contributed by atoms with Gasteiger partial charge in [-0.15, -0.1) is 0 Å². The molecule has 1 N–H and O–H groups in total. The highest BCUT2D eigenvalue weighted by atomic mass is 79.9. The zero-order valence-corrected chi connectivity index (χ0v) is 8.12. The normalized spacial score (nSPS) is 9.86. The van der Waals surface area contributed by atoms with Crippen molar-refractivity contribution in [3.63, 3.8) is 0 Å². The highest BCUT2D eigenvalue weighted by molar-refractivity contribution is 9.10. The van der Waals surface area contributed by atoms with Crippen LogP contribution in [0, 0.1) is 15.9 Å². The molecule has 14 heavy (non-hydrogen) atoms. The van der Waals surface area contributed by atoms with Crippen molar-refractivity contribution in [1.82, 2.24) is 0 Å². The number of benzene rings is 1. The van der Waals surface area contributed by atoms with Crippen LogP contribution in [0.2, 0.25) is 0 Å². The van der Waals surface area contributed by atoms with Crippen LogP contribution in [0.3, 0.4) is 0 Å².